The van der Waals surface area contributed by atoms with Gasteiger partial charge in [0.25, 0.3) is 0 Å². The van der Waals surface area contributed by atoms with E-state index in [1.54, 1.807) is 0 Å². The van der Waals surface area contributed by atoms with Crippen molar-refractivity contribution >= 4 is 29.1 Å². The highest BCUT2D eigenvalue weighted by Gasteiger charge is 2.22. The molecule has 3 aromatic carbocycles. The zero-order valence-corrected chi connectivity index (χ0v) is 16.9. The zero-order valence-electron chi connectivity index (χ0n) is 15.4. The normalized spacial score (nSPS) is 10.9. The van der Waals surface area contributed by atoms with Crippen molar-refractivity contribution in [3.63, 3.8) is 0 Å². The van der Waals surface area contributed by atoms with E-state index in [0.717, 1.165) is 11.1 Å². The molecule has 0 bridgehead atoms. The fourth-order valence-corrected chi connectivity index (χ4v) is 3.46. The molecule has 4 aromatic rings. The number of carbonyl (C=O) groups is 1. The predicted octanol–water partition coefficient (Wildman–Crippen LogP) is 5.27. The van der Waals surface area contributed by atoms with E-state index in [1.807, 2.05) is 60.7 Å². The van der Waals surface area contributed by atoms with E-state index in [0.29, 0.717) is 5.56 Å². The van der Waals surface area contributed by atoms with Crippen LogP contribution in [0.15, 0.2) is 77.3 Å². The Hall–Kier alpha value is -3.35. The van der Waals surface area contributed by atoms with Crippen LogP contribution in [0, 0.1) is 0 Å². The fraction of sp³-hybridized carbons (Fsp3) is 0.0455. The minimum Gasteiger partial charge on any atom is -0.505 e. The number of nitrogens with zero attached hydrogens (tertiary/aromatic N) is 2. The average molecular weight is 440 g/mol. The lowest BCUT2D eigenvalue weighted by molar-refractivity contribution is 0.0898. The van der Waals surface area contributed by atoms with Gasteiger partial charge in [-0.05, 0) is 23.3 Å². The molecular weight excluding hydrogens is 425 g/mol. The molecular formula is C22H15Cl2N3O3. The van der Waals surface area contributed by atoms with Gasteiger partial charge in [-0.2, -0.15) is 4.98 Å². The summed E-state index contributed by atoms with van der Waals surface area (Å²) in [4.78, 5) is 17.0. The van der Waals surface area contributed by atoms with Crippen molar-refractivity contribution < 1.29 is 14.4 Å². The molecule has 1 amide bonds. The van der Waals surface area contributed by atoms with Crippen LogP contribution in [0.25, 0.3) is 11.4 Å². The number of amides is 1. The van der Waals surface area contributed by atoms with E-state index in [4.69, 9.17) is 27.7 Å². The van der Waals surface area contributed by atoms with Gasteiger partial charge in [0.05, 0.1) is 16.1 Å². The highest BCUT2D eigenvalue weighted by Crippen LogP contribution is 2.35. The Bertz CT molecular complexity index is 1120. The minimum absolute atomic E-state index is 0.0431. The zero-order chi connectivity index (χ0) is 21.1. The van der Waals surface area contributed by atoms with Crippen LogP contribution in [0.1, 0.15) is 27.9 Å². The second-order valence-electron chi connectivity index (χ2n) is 6.44. The molecule has 0 unspecified atom stereocenters. The van der Waals surface area contributed by atoms with Gasteiger partial charge in [-0.15, -0.1) is 0 Å². The molecule has 0 aliphatic carbocycles. The SMILES string of the molecule is O=C(NC(c1ccccc1)c1ccccc1)c1nc(-c2cc(Cl)c(O)c(Cl)c2)no1. The highest BCUT2D eigenvalue weighted by atomic mass is 35.5. The van der Waals surface area contributed by atoms with Crippen LogP contribution >= 0.6 is 23.2 Å². The second-order valence-corrected chi connectivity index (χ2v) is 7.25. The fourth-order valence-electron chi connectivity index (χ4n) is 2.97. The van der Waals surface area contributed by atoms with E-state index in [-0.39, 0.29) is 27.5 Å². The molecule has 4 rings (SSSR count). The third-order valence-electron chi connectivity index (χ3n) is 4.44. The molecule has 0 spiro atoms. The third kappa shape index (κ3) is 4.15. The average Bonchev–Trinajstić information content (AvgIpc) is 3.27. The quantitative estimate of drug-likeness (QED) is 0.442. The lowest BCUT2D eigenvalue weighted by atomic mass is 9.99. The minimum atomic E-state index is -0.526. The number of hydrogen-bond donors (Lipinski definition) is 2. The molecule has 2 N–H and O–H groups in total. The van der Waals surface area contributed by atoms with Gasteiger partial charge in [0, 0.05) is 5.56 Å². The smallest absolute Gasteiger partial charge is 0.316 e. The van der Waals surface area contributed by atoms with Gasteiger partial charge >= 0.3 is 11.8 Å². The Morgan fingerprint density at radius 1 is 0.933 bits per heavy atom. The molecule has 150 valence electrons. The molecule has 1 aromatic heterocycles. The number of benzene rings is 3. The van der Waals surface area contributed by atoms with E-state index < -0.39 is 11.9 Å². The van der Waals surface area contributed by atoms with Gasteiger partial charge in [0.1, 0.15) is 0 Å². The van der Waals surface area contributed by atoms with Crippen LogP contribution in [-0.2, 0) is 0 Å². The number of carbonyl (C=O) groups excluding carboxylic acids is 1. The number of phenolic OH excluding ortho intramolecular Hbond substituents is 1. The maximum atomic E-state index is 12.8. The molecule has 0 radical (unpaired) electrons. The van der Waals surface area contributed by atoms with Gasteiger partial charge in [-0.25, -0.2) is 0 Å². The molecule has 30 heavy (non-hydrogen) atoms. The largest absolute Gasteiger partial charge is 0.505 e. The van der Waals surface area contributed by atoms with Crippen LogP contribution in [0.2, 0.25) is 10.0 Å². The van der Waals surface area contributed by atoms with Crippen molar-refractivity contribution in [2.75, 3.05) is 0 Å². The lowest BCUT2D eigenvalue weighted by Crippen LogP contribution is -2.29. The van der Waals surface area contributed by atoms with Crippen LogP contribution in [0.5, 0.6) is 5.75 Å². The van der Waals surface area contributed by atoms with E-state index in [1.165, 1.54) is 12.1 Å². The number of hydrogen-bond acceptors (Lipinski definition) is 5. The Balaban J connectivity index is 1.61. The Morgan fingerprint density at radius 3 is 2.00 bits per heavy atom. The van der Waals surface area contributed by atoms with Crippen molar-refractivity contribution in [2.45, 2.75) is 6.04 Å². The molecule has 8 heteroatoms. The van der Waals surface area contributed by atoms with Crippen molar-refractivity contribution in [2.24, 2.45) is 0 Å². The summed E-state index contributed by atoms with van der Waals surface area (Å²) < 4.78 is 5.14. The standard InChI is InChI=1S/C22H15Cl2N3O3/c23-16-11-15(12-17(24)19(16)28)20-26-22(30-27-20)21(29)25-18(13-7-3-1-4-8-13)14-9-5-2-6-10-14/h1-12,18,28H,(H,25,29). The summed E-state index contributed by atoms with van der Waals surface area (Å²) in [7, 11) is 0. The van der Waals surface area contributed by atoms with Crippen LogP contribution in [0.4, 0.5) is 0 Å². The maximum Gasteiger partial charge on any atom is 0.316 e. The number of phenols is 1. The van der Waals surface area contributed by atoms with Crippen molar-refractivity contribution in [3.8, 4) is 17.1 Å². The van der Waals surface area contributed by atoms with Crippen molar-refractivity contribution in [1.29, 1.82) is 0 Å². The van der Waals surface area contributed by atoms with Gasteiger partial charge in [-0.3, -0.25) is 4.79 Å². The maximum absolute atomic E-state index is 12.8. The molecule has 0 saturated carbocycles. The Kier molecular flexibility index (Phi) is 5.70. The third-order valence-corrected chi connectivity index (χ3v) is 5.01. The summed E-state index contributed by atoms with van der Waals surface area (Å²) >= 11 is 11.9. The molecule has 1 heterocycles. The number of rotatable bonds is 5. The van der Waals surface area contributed by atoms with Gasteiger partial charge in [0.2, 0.25) is 5.82 Å². The number of nitrogens with one attached hydrogen (secondary N) is 1. The first kappa shape index (κ1) is 19.9. The van der Waals surface area contributed by atoms with Crippen LogP contribution in [0.3, 0.4) is 0 Å². The van der Waals surface area contributed by atoms with Gasteiger partial charge < -0.3 is 14.9 Å². The predicted molar refractivity (Wildman–Crippen MR) is 114 cm³/mol. The number of halogens is 2. The topological polar surface area (TPSA) is 88.2 Å². The van der Waals surface area contributed by atoms with E-state index >= 15 is 0 Å². The summed E-state index contributed by atoms with van der Waals surface area (Å²) in [5, 5.41) is 16.5. The molecule has 0 aliphatic heterocycles. The van der Waals surface area contributed by atoms with Crippen molar-refractivity contribution in [3.05, 3.63) is 99.9 Å². The summed E-state index contributed by atoms with van der Waals surface area (Å²) in [5.74, 6) is -0.846. The first-order chi connectivity index (χ1) is 14.5. The lowest BCUT2D eigenvalue weighted by Gasteiger charge is -2.18. The first-order valence-corrected chi connectivity index (χ1v) is 9.71. The molecule has 0 atom stereocenters. The summed E-state index contributed by atoms with van der Waals surface area (Å²) in [5.41, 5.74) is 2.23. The Morgan fingerprint density at radius 2 is 1.47 bits per heavy atom. The molecule has 6 nitrogen and oxygen atoms in total. The number of aromatic hydroxyl groups is 1. The summed E-state index contributed by atoms with van der Waals surface area (Å²) in [6.07, 6.45) is 0. The highest BCUT2D eigenvalue weighted by molar-refractivity contribution is 6.37. The summed E-state index contributed by atoms with van der Waals surface area (Å²) in [6, 6.07) is 21.6. The van der Waals surface area contributed by atoms with Gasteiger partial charge in [-0.1, -0.05) is 89.0 Å². The molecule has 0 saturated heterocycles. The monoisotopic (exact) mass is 439 g/mol. The second kappa shape index (κ2) is 8.57. The van der Waals surface area contributed by atoms with Crippen LogP contribution < -0.4 is 5.32 Å². The van der Waals surface area contributed by atoms with E-state index in [2.05, 4.69) is 15.5 Å². The number of aromatic nitrogens is 2. The van der Waals surface area contributed by atoms with Crippen molar-refractivity contribution in [1.82, 2.24) is 15.5 Å². The molecule has 0 aliphatic rings. The Labute approximate surface area is 182 Å². The van der Waals surface area contributed by atoms with Gasteiger partial charge in [0.15, 0.2) is 5.75 Å². The summed E-state index contributed by atoms with van der Waals surface area (Å²) in [6.45, 7) is 0. The molecule has 0 fully saturated rings. The van der Waals surface area contributed by atoms with E-state index in [9.17, 15) is 9.90 Å². The van der Waals surface area contributed by atoms with Crippen LogP contribution in [-0.4, -0.2) is 21.2 Å². The first-order valence-electron chi connectivity index (χ1n) is 8.96.